The number of hydrogen-bond acceptors (Lipinski definition) is 3. The van der Waals surface area contributed by atoms with Crippen molar-refractivity contribution in [2.45, 2.75) is 19.6 Å². The molecule has 1 N–H and O–H groups in total. The summed E-state index contributed by atoms with van der Waals surface area (Å²) in [6, 6.07) is 5.25. The topological polar surface area (TPSA) is 40.1 Å². The van der Waals surface area contributed by atoms with E-state index in [0.717, 1.165) is 63.0 Å². The Hall–Kier alpha value is -1.07. The van der Waals surface area contributed by atoms with Gasteiger partial charge in [0, 0.05) is 39.8 Å². The monoisotopic (exact) mass is 500 g/mol. The molecule has 0 aromatic heterocycles. The van der Waals surface area contributed by atoms with Gasteiger partial charge in [-0.1, -0.05) is 12.1 Å². The maximum Gasteiger partial charge on any atom is 0.416 e. The molecule has 0 atom stereocenters. The van der Waals surface area contributed by atoms with Crippen LogP contribution in [0, 0.1) is 0 Å². The smallest absolute Gasteiger partial charge is 0.379 e. The van der Waals surface area contributed by atoms with Gasteiger partial charge in [-0.25, -0.2) is 0 Å². The van der Waals surface area contributed by atoms with Crippen LogP contribution in [-0.4, -0.2) is 68.7 Å². The molecule has 1 aromatic carbocycles. The molecule has 0 unspecified atom stereocenters. The van der Waals surface area contributed by atoms with Gasteiger partial charge in [0.05, 0.1) is 25.3 Å². The molecule has 27 heavy (non-hydrogen) atoms. The number of alkyl halides is 3. The van der Waals surface area contributed by atoms with E-state index in [4.69, 9.17) is 4.74 Å². The second kappa shape index (κ2) is 11.7. The Morgan fingerprint density at radius 1 is 1.22 bits per heavy atom. The van der Waals surface area contributed by atoms with Crippen LogP contribution in [0.1, 0.15) is 18.1 Å². The van der Waals surface area contributed by atoms with Crippen LogP contribution in [0.15, 0.2) is 29.3 Å². The van der Waals surface area contributed by atoms with Crippen molar-refractivity contribution >= 4 is 29.9 Å². The number of hydrogen-bond donors (Lipinski definition) is 1. The predicted molar refractivity (Wildman–Crippen MR) is 112 cm³/mol. The molecule has 2 rings (SSSR count). The third-order valence-electron chi connectivity index (χ3n) is 4.18. The minimum atomic E-state index is -4.31. The van der Waals surface area contributed by atoms with Crippen molar-refractivity contribution in [3.8, 4) is 0 Å². The maximum atomic E-state index is 12.7. The molecular weight excluding hydrogens is 472 g/mol. The minimum absolute atomic E-state index is 0. The van der Waals surface area contributed by atoms with E-state index in [1.807, 2.05) is 18.9 Å². The van der Waals surface area contributed by atoms with Crippen molar-refractivity contribution in [2.75, 3.05) is 53.0 Å². The van der Waals surface area contributed by atoms with E-state index >= 15 is 0 Å². The number of aliphatic imine (C=N–C) groups is 1. The van der Waals surface area contributed by atoms with Crippen LogP contribution in [0.5, 0.6) is 0 Å². The third kappa shape index (κ3) is 8.22. The Bertz CT molecular complexity index is 575. The molecule has 0 amide bonds. The molecular formula is C18H28F3IN4O. The van der Waals surface area contributed by atoms with Crippen LogP contribution >= 0.6 is 24.0 Å². The molecule has 1 aliphatic rings. The van der Waals surface area contributed by atoms with Gasteiger partial charge in [-0.2, -0.15) is 13.2 Å². The van der Waals surface area contributed by atoms with Crippen LogP contribution in [-0.2, 0) is 17.5 Å². The molecule has 154 valence electrons. The highest BCUT2D eigenvalue weighted by Gasteiger charge is 2.29. The largest absolute Gasteiger partial charge is 0.416 e. The van der Waals surface area contributed by atoms with Gasteiger partial charge < -0.3 is 15.0 Å². The Morgan fingerprint density at radius 3 is 2.41 bits per heavy atom. The molecule has 0 aliphatic carbocycles. The first kappa shape index (κ1) is 24.0. The fraction of sp³-hybridized carbons (Fsp3) is 0.611. The fourth-order valence-electron chi connectivity index (χ4n) is 2.74. The summed E-state index contributed by atoms with van der Waals surface area (Å²) in [6.07, 6.45) is -4.31. The number of nitrogens with one attached hydrogen (secondary N) is 1. The molecule has 0 bridgehead atoms. The lowest BCUT2D eigenvalue weighted by Crippen LogP contribution is -2.40. The second-order valence-corrected chi connectivity index (χ2v) is 6.24. The number of ether oxygens (including phenoxy) is 1. The summed E-state index contributed by atoms with van der Waals surface area (Å²) in [7, 11) is 1.88. The number of halogens is 4. The molecule has 1 heterocycles. The molecule has 5 nitrogen and oxygen atoms in total. The van der Waals surface area contributed by atoms with Gasteiger partial charge in [-0.05, 0) is 24.6 Å². The van der Waals surface area contributed by atoms with E-state index in [2.05, 4.69) is 15.2 Å². The van der Waals surface area contributed by atoms with Crippen LogP contribution in [0.4, 0.5) is 13.2 Å². The standard InChI is InChI=1S/C18H27F3N4O.HI/c1-3-22-17(23-8-9-25-10-12-26-13-11-25)24(2)14-15-4-6-16(7-5-15)18(19,20)21;/h4-7H,3,8-14H2,1-2H3,(H,22,23);1H. The molecule has 0 radical (unpaired) electrons. The van der Waals surface area contributed by atoms with Crippen LogP contribution in [0.3, 0.4) is 0 Å². The molecule has 1 aliphatic heterocycles. The Morgan fingerprint density at radius 2 is 1.85 bits per heavy atom. The van der Waals surface area contributed by atoms with Crippen molar-refractivity contribution in [3.05, 3.63) is 35.4 Å². The minimum Gasteiger partial charge on any atom is -0.379 e. The molecule has 1 fully saturated rings. The molecule has 1 saturated heterocycles. The predicted octanol–water partition coefficient (Wildman–Crippen LogP) is 3.05. The van der Waals surface area contributed by atoms with E-state index in [9.17, 15) is 13.2 Å². The molecule has 0 spiro atoms. The zero-order chi connectivity index (χ0) is 19.0. The molecule has 1 aromatic rings. The molecule has 9 heteroatoms. The second-order valence-electron chi connectivity index (χ2n) is 6.24. The van der Waals surface area contributed by atoms with Gasteiger partial charge in [0.15, 0.2) is 5.96 Å². The van der Waals surface area contributed by atoms with Crippen molar-refractivity contribution in [2.24, 2.45) is 4.99 Å². The number of rotatable bonds is 6. The van der Waals surface area contributed by atoms with E-state index in [-0.39, 0.29) is 24.0 Å². The van der Waals surface area contributed by atoms with Crippen LogP contribution in [0.25, 0.3) is 0 Å². The van der Waals surface area contributed by atoms with Gasteiger partial charge in [0.1, 0.15) is 0 Å². The summed E-state index contributed by atoms with van der Waals surface area (Å²) in [5.41, 5.74) is 0.175. The lowest BCUT2D eigenvalue weighted by Gasteiger charge is -2.26. The number of guanidine groups is 1. The Labute approximate surface area is 176 Å². The lowest BCUT2D eigenvalue weighted by atomic mass is 10.1. The number of nitrogens with zero attached hydrogens (tertiary/aromatic N) is 3. The summed E-state index contributed by atoms with van der Waals surface area (Å²) < 4.78 is 43.3. The summed E-state index contributed by atoms with van der Waals surface area (Å²) in [5.74, 6) is 0.751. The van der Waals surface area contributed by atoms with Gasteiger partial charge >= 0.3 is 6.18 Å². The third-order valence-corrected chi connectivity index (χ3v) is 4.18. The quantitative estimate of drug-likeness (QED) is 0.371. The maximum absolute atomic E-state index is 12.7. The van der Waals surface area contributed by atoms with E-state index < -0.39 is 11.7 Å². The van der Waals surface area contributed by atoms with Gasteiger partial charge in [-0.15, -0.1) is 24.0 Å². The van der Waals surface area contributed by atoms with Crippen molar-refractivity contribution in [1.29, 1.82) is 0 Å². The van der Waals surface area contributed by atoms with E-state index in [0.29, 0.717) is 13.1 Å². The Kier molecular flexibility index (Phi) is 10.4. The Balaban J connectivity index is 0.00000364. The van der Waals surface area contributed by atoms with Gasteiger partial charge in [0.2, 0.25) is 0 Å². The van der Waals surface area contributed by atoms with Gasteiger partial charge in [0.25, 0.3) is 0 Å². The lowest BCUT2D eigenvalue weighted by molar-refractivity contribution is -0.137. The highest BCUT2D eigenvalue weighted by atomic mass is 127. The van der Waals surface area contributed by atoms with Gasteiger partial charge in [-0.3, -0.25) is 9.89 Å². The van der Waals surface area contributed by atoms with E-state index in [1.165, 1.54) is 12.1 Å². The van der Waals surface area contributed by atoms with Crippen molar-refractivity contribution in [3.63, 3.8) is 0 Å². The summed E-state index contributed by atoms with van der Waals surface area (Å²) >= 11 is 0. The first-order chi connectivity index (χ1) is 12.4. The average molecular weight is 500 g/mol. The number of morpholine rings is 1. The average Bonchev–Trinajstić information content (AvgIpc) is 2.61. The fourth-order valence-corrected chi connectivity index (χ4v) is 2.74. The SMILES string of the molecule is CCNC(=NCCN1CCOCC1)N(C)Cc1ccc(C(F)(F)F)cc1.I. The zero-order valence-corrected chi connectivity index (χ0v) is 18.1. The summed E-state index contributed by atoms with van der Waals surface area (Å²) in [5, 5.41) is 3.23. The highest BCUT2D eigenvalue weighted by molar-refractivity contribution is 14.0. The first-order valence-corrected chi connectivity index (χ1v) is 8.86. The number of benzene rings is 1. The highest BCUT2D eigenvalue weighted by Crippen LogP contribution is 2.29. The van der Waals surface area contributed by atoms with E-state index in [1.54, 1.807) is 0 Å². The summed E-state index contributed by atoms with van der Waals surface area (Å²) in [6.45, 7) is 8.11. The zero-order valence-electron chi connectivity index (χ0n) is 15.8. The van der Waals surface area contributed by atoms with Crippen LogP contribution < -0.4 is 5.32 Å². The normalized spacial score (nSPS) is 16.0. The van der Waals surface area contributed by atoms with Crippen LogP contribution in [0.2, 0.25) is 0 Å². The first-order valence-electron chi connectivity index (χ1n) is 8.86. The van der Waals surface area contributed by atoms with Crippen molar-refractivity contribution < 1.29 is 17.9 Å². The summed E-state index contributed by atoms with van der Waals surface area (Å²) in [4.78, 5) is 8.86. The molecule has 0 saturated carbocycles. The van der Waals surface area contributed by atoms with Crippen molar-refractivity contribution in [1.82, 2.24) is 15.1 Å².